The number of aromatic nitrogens is 3. The second-order valence-electron chi connectivity index (χ2n) is 3.37. The molecule has 2 N–H and O–H groups in total. The highest BCUT2D eigenvalue weighted by Crippen LogP contribution is 2.13. The van der Waals surface area contributed by atoms with Crippen LogP contribution in [0.2, 0.25) is 0 Å². The van der Waals surface area contributed by atoms with E-state index in [9.17, 15) is 4.79 Å². The molecule has 5 nitrogen and oxygen atoms in total. The minimum Gasteiger partial charge on any atom is -0.330 e. The Morgan fingerprint density at radius 1 is 1.56 bits per heavy atom. The van der Waals surface area contributed by atoms with Gasteiger partial charge in [-0.2, -0.15) is 5.10 Å². The molecular formula is C10H12N4OS. The third-order valence-electron chi connectivity index (χ3n) is 2.09. The van der Waals surface area contributed by atoms with Crippen LogP contribution in [-0.2, 0) is 13.5 Å². The maximum Gasteiger partial charge on any atom is 0.232 e. The van der Waals surface area contributed by atoms with Crippen LogP contribution >= 0.6 is 11.3 Å². The number of rotatable bonds is 4. The molecule has 0 aliphatic heterocycles. The SMILES string of the molecule is Cn1ccc(C(=O)c2csc(CCN)n2)n1. The largest absolute Gasteiger partial charge is 0.330 e. The van der Waals surface area contributed by atoms with E-state index in [0.717, 1.165) is 5.01 Å². The molecule has 0 bridgehead atoms. The average Bonchev–Trinajstić information content (AvgIpc) is 2.87. The standard InChI is InChI=1S/C10H12N4OS/c1-14-5-3-7(13-14)10(15)8-6-16-9(12-8)2-4-11/h3,5-6H,2,4,11H2,1H3. The van der Waals surface area contributed by atoms with Crippen molar-refractivity contribution in [1.82, 2.24) is 14.8 Å². The lowest BCUT2D eigenvalue weighted by Crippen LogP contribution is -2.06. The number of carbonyl (C=O) groups excluding carboxylic acids is 1. The van der Waals surface area contributed by atoms with Crippen LogP contribution in [0, 0.1) is 0 Å². The summed E-state index contributed by atoms with van der Waals surface area (Å²) in [5.74, 6) is -0.139. The fourth-order valence-electron chi connectivity index (χ4n) is 1.32. The normalized spacial score (nSPS) is 10.6. The lowest BCUT2D eigenvalue weighted by atomic mass is 10.2. The van der Waals surface area contributed by atoms with Crippen molar-refractivity contribution in [2.24, 2.45) is 12.8 Å². The lowest BCUT2D eigenvalue weighted by molar-refractivity contribution is 0.102. The van der Waals surface area contributed by atoms with Gasteiger partial charge >= 0.3 is 0 Å². The van der Waals surface area contributed by atoms with Gasteiger partial charge in [0.25, 0.3) is 0 Å². The van der Waals surface area contributed by atoms with Gasteiger partial charge in [-0.3, -0.25) is 9.48 Å². The van der Waals surface area contributed by atoms with Gasteiger partial charge in [-0.25, -0.2) is 4.98 Å². The monoisotopic (exact) mass is 236 g/mol. The topological polar surface area (TPSA) is 73.8 Å². The van der Waals surface area contributed by atoms with Gasteiger partial charge in [0.05, 0.1) is 5.01 Å². The summed E-state index contributed by atoms with van der Waals surface area (Å²) in [5, 5.41) is 6.69. The molecule has 0 aromatic carbocycles. The molecule has 0 unspecified atom stereocenters. The van der Waals surface area contributed by atoms with E-state index < -0.39 is 0 Å². The van der Waals surface area contributed by atoms with Crippen molar-refractivity contribution < 1.29 is 4.79 Å². The highest BCUT2D eigenvalue weighted by Gasteiger charge is 2.15. The zero-order valence-electron chi connectivity index (χ0n) is 8.88. The van der Waals surface area contributed by atoms with Crippen LogP contribution in [0.25, 0.3) is 0 Å². The molecule has 84 valence electrons. The number of hydrogen-bond acceptors (Lipinski definition) is 5. The molecule has 0 amide bonds. The molecule has 0 aliphatic rings. The smallest absolute Gasteiger partial charge is 0.232 e. The van der Waals surface area contributed by atoms with Crippen molar-refractivity contribution in [2.75, 3.05) is 6.54 Å². The van der Waals surface area contributed by atoms with Crippen molar-refractivity contribution >= 4 is 17.1 Å². The molecule has 0 spiro atoms. The number of hydrogen-bond donors (Lipinski definition) is 1. The van der Waals surface area contributed by atoms with Crippen LogP contribution in [0.4, 0.5) is 0 Å². The molecule has 0 atom stereocenters. The molecule has 2 aromatic heterocycles. The van der Waals surface area contributed by atoms with Gasteiger partial charge in [0.1, 0.15) is 11.4 Å². The molecule has 16 heavy (non-hydrogen) atoms. The Hall–Kier alpha value is -1.53. The fraction of sp³-hybridized carbons (Fsp3) is 0.300. The summed E-state index contributed by atoms with van der Waals surface area (Å²) in [6, 6.07) is 1.68. The number of carbonyl (C=O) groups is 1. The predicted octanol–water partition coefficient (Wildman–Crippen LogP) is 0.609. The van der Waals surface area contributed by atoms with E-state index in [2.05, 4.69) is 10.1 Å². The van der Waals surface area contributed by atoms with E-state index in [4.69, 9.17) is 5.73 Å². The van der Waals surface area contributed by atoms with Crippen LogP contribution in [0.1, 0.15) is 21.2 Å². The molecule has 2 heterocycles. The summed E-state index contributed by atoms with van der Waals surface area (Å²) in [7, 11) is 1.78. The van der Waals surface area contributed by atoms with Crippen molar-refractivity contribution in [1.29, 1.82) is 0 Å². The van der Waals surface area contributed by atoms with Crippen LogP contribution in [-0.4, -0.2) is 27.1 Å². The van der Waals surface area contributed by atoms with Crippen molar-refractivity contribution in [3.63, 3.8) is 0 Å². The van der Waals surface area contributed by atoms with Crippen LogP contribution in [0.15, 0.2) is 17.6 Å². The quantitative estimate of drug-likeness (QED) is 0.789. The fourth-order valence-corrected chi connectivity index (χ4v) is 2.12. The van der Waals surface area contributed by atoms with E-state index in [0.29, 0.717) is 24.4 Å². The van der Waals surface area contributed by atoms with Crippen molar-refractivity contribution in [3.8, 4) is 0 Å². The first kappa shape index (κ1) is 11.0. The average molecular weight is 236 g/mol. The zero-order valence-corrected chi connectivity index (χ0v) is 9.70. The maximum atomic E-state index is 11.9. The second-order valence-corrected chi connectivity index (χ2v) is 4.31. The first-order valence-corrected chi connectivity index (χ1v) is 5.77. The number of nitrogens with zero attached hydrogens (tertiary/aromatic N) is 3. The van der Waals surface area contributed by atoms with Gasteiger partial charge < -0.3 is 5.73 Å². The van der Waals surface area contributed by atoms with Gasteiger partial charge in [-0.05, 0) is 12.6 Å². The van der Waals surface area contributed by atoms with E-state index in [1.807, 2.05) is 0 Å². The minimum absolute atomic E-state index is 0.139. The summed E-state index contributed by atoms with van der Waals surface area (Å²) < 4.78 is 1.60. The molecule has 0 radical (unpaired) electrons. The van der Waals surface area contributed by atoms with Crippen molar-refractivity contribution in [2.45, 2.75) is 6.42 Å². The third-order valence-corrected chi connectivity index (χ3v) is 3.00. The minimum atomic E-state index is -0.139. The van der Waals surface area contributed by atoms with Gasteiger partial charge in [0, 0.05) is 25.0 Å². The van der Waals surface area contributed by atoms with Gasteiger partial charge in [-0.15, -0.1) is 11.3 Å². The maximum absolute atomic E-state index is 11.9. The Balaban J connectivity index is 2.20. The van der Waals surface area contributed by atoms with Gasteiger partial charge in [0.2, 0.25) is 5.78 Å². The Morgan fingerprint density at radius 3 is 3.00 bits per heavy atom. The summed E-state index contributed by atoms with van der Waals surface area (Å²) in [6.07, 6.45) is 2.45. The van der Waals surface area contributed by atoms with E-state index in [-0.39, 0.29) is 5.78 Å². The first-order chi connectivity index (χ1) is 7.70. The highest BCUT2D eigenvalue weighted by atomic mass is 32.1. The number of ketones is 1. The highest BCUT2D eigenvalue weighted by molar-refractivity contribution is 7.09. The Morgan fingerprint density at radius 2 is 2.38 bits per heavy atom. The Labute approximate surface area is 96.9 Å². The Kier molecular flexibility index (Phi) is 3.12. The molecule has 6 heteroatoms. The molecule has 0 aliphatic carbocycles. The van der Waals surface area contributed by atoms with E-state index in [1.165, 1.54) is 11.3 Å². The molecule has 0 saturated heterocycles. The molecular weight excluding hydrogens is 224 g/mol. The molecule has 0 fully saturated rings. The molecule has 2 aromatic rings. The van der Waals surface area contributed by atoms with Crippen LogP contribution in [0.5, 0.6) is 0 Å². The summed E-state index contributed by atoms with van der Waals surface area (Å²) in [5.41, 5.74) is 6.30. The van der Waals surface area contributed by atoms with Crippen molar-refractivity contribution in [3.05, 3.63) is 34.0 Å². The molecule has 2 rings (SSSR count). The summed E-state index contributed by atoms with van der Waals surface area (Å²) >= 11 is 1.46. The van der Waals surface area contributed by atoms with Gasteiger partial charge in [0.15, 0.2) is 0 Å². The lowest BCUT2D eigenvalue weighted by Gasteiger charge is -1.91. The first-order valence-electron chi connectivity index (χ1n) is 4.89. The molecule has 0 saturated carbocycles. The number of aryl methyl sites for hydroxylation is 1. The Bertz CT molecular complexity index is 502. The predicted molar refractivity (Wildman–Crippen MR) is 61.5 cm³/mol. The summed E-state index contributed by atoms with van der Waals surface area (Å²) in [6.45, 7) is 0.546. The van der Waals surface area contributed by atoms with E-state index in [1.54, 1.807) is 29.4 Å². The second kappa shape index (κ2) is 4.54. The number of thiazole rings is 1. The third kappa shape index (κ3) is 2.17. The number of nitrogens with two attached hydrogens (primary N) is 1. The van der Waals surface area contributed by atoms with Crippen LogP contribution < -0.4 is 5.73 Å². The van der Waals surface area contributed by atoms with E-state index >= 15 is 0 Å². The summed E-state index contributed by atoms with van der Waals surface area (Å²) in [4.78, 5) is 16.1. The van der Waals surface area contributed by atoms with Crippen LogP contribution in [0.3, 0.4) is 0 Å². The van der Waals surface area contributed by atoms with Gasteiger partial charge in [-0.1, -0.05) is 0 Å². The zero-order chi connectivity index (χ0) is 11.5.